The molecule has 0 spiro atoms. The molecule has 0 aliphatic rings. The maximum atomic E-state index is 12.4. The molecule has 0 aliphatic carbocycles. The van der Waals surface area contributed by atoms with Gasteiger partial charge in [-0.05, 0) is 43.2 Å². The molecule has 5 heteroatoms. The smallest absolute Gasteiger partial charge is 0.304 e. The number of hydrogen-bond donors (Lipinski definition) is 2. The molecule has 4 nitrogen and oxygen atoms in total. The minimum Gasteiger partial charge on any atom is -0.481 e. The number of anilines is 1. The van der Waals surface area contributed by atoms with Crippen LogP contribution in [0, 0.1) is 12.8 Å². The number of rotatable bonds is 6. The lowest BCUT2D eigenvalue weighted by atomic mass is 9.94. The largest absolute Gasteiger partial charge is 0.481 e. The molecular weight excluding hydrogens is 314 g/mol. The molecule has 2 aromatic carbocycles. The molecule has 0 aromatic heterocycles. The molecule has 1 atom stereocenters. The van der Waals surface area contributed by atoms with Crippen molar-refractivity contribution in [2.75, 3.05) is 5.32 Å². The minimum absolute atomic E-state index is 0.215. The van der Waals surface area contributed by atoms with Crippen LogP contribution in [0.5, 0.6) is 0 Å². The summed E-state index contributed by atoms with van der Waals surface area (Å²) < 4.78 is 0. The maximum Gasteiger partial charge on any atom is 0.304 e. The number of carbonyl (C=O) groups is 2. The van der Waals surface area contributed by atoms with Crippen LogP contribution in [0.4, 0.5) is 5.69 Å². The van der Waals surface area contributed by atoms with E-state index in [0.717, 1.165) is 11.1 Å². The Bertz CT molecular complexity index is 680. The summed E-state index contributed by atoms with van der Waals surface area (Å²) in [6.07, 6.45) is 0.166. The van der Waals surface area contributed by atoms with E-state index in [4.69, 9.17) is 16.7 Å². The topological polar surface area (TPSA) is 66.4 Å². The molecule has 2 rings (SSSR count). The SMILES string of the molecule is Cc1ccc(C[C@H](CC(=O)O)C(=O)Nc2ccc(Cl)cc2)cc1. The Morgan fingerprint density at radius 3 is 2.26 bits per heavy atom. The number of nitrogens with one attached hydrogen (secondary N) is 1. The zero-order chi connectivity index (χ0) is 16.8. The summed E-state index contributed by atoms with van der Waals surface area (Å²) in [7, 11) is 0. The van der Waals surface area contributed by atoms with E-state index in [9.17, 15) is 9.59 Å². The van der Waals surface area contributed by atoms with E-state index >= 15 is 0 Å². The number of benzene rings is 2. The molecule has 2 N–H and O–H groups in total. The third kappa shape index (κ3) is 5.42. The van der Waals surface area contributed by atoms with E-state index < -0.39 is 11.9 Å². The first-order valence-electron chi connectivity index (χ1n) is 7.28. The summed E-state index contributed by atoms with van der Waals surface area (Å²) in [5.74, 6) is -1.94. The fourth-order valence-corrected chi connectivity index (χ4v) is 2.38. The molecule has 23 heavy (non-hydrogen) atoms. The predicted octanol–water partition coefficient (Wildman–Crippen LogP) is 3.92. The first-order chi connectivity index (χ1) is 10.9. The summed E-state index contributed by atoms with van der Waals surface area (Å²) in [4.78, 5) is 23.5. The van der Waals surface area contributed by atoms with Crippen molar-refractivity contribution in [2.24, 2.45) is 5.92 Å². The third-order valence-electron chi connectivity index (χ3n) is 3.51. The summed E-state index contributed by atoms with van der Waals surface area (Å²) >= 11 is 5.81. The second kappa shape index (κ2) is 7.79. The number of halogens is 1. The van der Waals surface area contributed by atoms with Crippen molar-refractivity contribution in [3.05, 3.63) is 64.7 Å². The van der Waals surface area contributed by atoms with E-state index in [-0.39, 0.29) is 12.3 Å². The molecule has 0 heterocycles. The van der Waals surface area contributed by atoms with Gasteiger partial charge in [-0.25, -0.2) is 0 Å². The van der Waals surface area contributed by atoms with Crippen LogP contribution < -0.4 is 5.32 Å². The number of amides is 1. The summed E-state index contributed by atoms with van der Waals surface area (Å²) in [5.41, 5.74) is 2.65. The zero-order valence-electron chi connectivity index (χ0n) is 12.8. The van der Waals surface area contributed by atoms with Crippen molar-refractivity contribution in [3.8, 4) is 0 Å². The van der Waals surface area contributed by atoms with Crippen molar-refractivity contribution in [2.45, 2.75) is 19.8 Å². The lowest BCUT2D eigenvalue weighted by molar-refractivity contribution is -0.140. The van der Waals surface area contributed by atoms with Crippen molar-refractivity contribution in [3.63, 3.8) is 0 Å². The standard InChI is InChI=1S/C18H18ClNO3/c1-12-2-4-13(5-3-12)10-14(11-17(21)22)18(23)20-16-8-6-15(19)7-9-16/h2-9,14H,10-11H2,1H3,(H,20,23)(H,21,22)/t14-/m1/s1. The Kier molecular flexibility index (Phi) is 5.77. The van der Waals surface area contributed by atoms with Gasteiger partial charge in [-0.2, -0.15) is 0 Å². The van der Waals surface area contributed by atoms with Crippen LogP contribution in [0.2, 0.25) is 5.02 Å². The molecule has 0 fully saturated rings. The summed E-state index contributed by atoms with van der Waals surface area (Å²) in [6.45, 7) is 1.98. The molecule has 1 amide bonds. The van der Waals surface area contributed by atoms with Gasteiger partial charge in [-0.15, -0.1) is 0 Å². The van der Waals surface area contributed by atoms with E-state index in [2.05, 4.69) is 5.32 Å². The first kappa shape index (κ1) is 17.0. The average Bonchev–Trinajstić information content (AvgIpc) is 2.50. The molecule has 0 bridgehead atoms. The molecule has 0 radical (unpaired) electrons. The normalized spacial score (nSPS) is 11.7. The number of carbonyl (C=O) groups excluding carboxylic acids is 1. The van der Waals surface area contributed by atoms with Crippen molar-refractivity contribution in [1.29, 1.82) is 0 Å². The molecule has 120 valence electrons. The number of aryl methyl sites for hydroxylation is 1. The van der Waals surface area contributed by atoms with Gasteiger partial charge in [0.15, 0.2) is 0 Å². The Balaban J connectivity index is 2.09. The van der Waals surface area contributed by atoms with E-state index in [1.165, 1.54) is 0 Å². The van der Waals surface area contributed by atoms with Crippen LogP contribution in [0.15, 0.2) is 48.5 Å². The maximum absolute atomic E-state index is 12.4. The Labute approximate surface area is 140 Å². The van der Waals surface area contributed by atoms with Gasteiger partial charge < -0.3 is 10.4 Å². The highest BCUT2D eigenvalue weighted by atomic mass is 35.5. The number of hydrogen-bond acceptors (Lipinski definition) is 2. The van der Waals surface area contributed by atoms with Crippen LogP contribution in [-0.4, -0.2) is 17.0 Å². The number of carboxylic acid groups (broad SMARTS) is 1. The lowest BCUT2D eigenvalue weighted by Gasteiger charge is -2.15. The molecule has 0 aliphatic heterocycles. The van der Waals surface area contributed by atoms with Crippen molar-refractivity contribution >= 4 is 29.2 Å². The van der Waals surface area contributed by atoms with Gasteiger partial charge >= 0.3 is 5.97 Å². The first-order valence-corrected chi connectivity index (χ1v) is 7.65. The van der Waals surface area contributed by atoms with Crippen LogP contribution in [0.25, 0.3) is 0 Å². The average molecular weight is 332 g/mol. The van der Waals surface area contributed by atoms with Crippen LogP contribution in [0.3, 0.4) is 0 Å². The number of carboxylic acids is 1. The monoisotopic (exact) mass is 331 g/mol. The van der Waals surface area contributed by atoms with Crippen LogP contribution in [0.1, 0.15) is 17.5 Å². The fraction of sp³-hybridized carbons (Fsp3) is 0.222. The second-order valence-corrected chi connectivity index (χ2v) is 5.92. The minimum atomic E-state index is -0.992. The Morgan fingerprint density at radius 1 is 1.09 bits per heavy atom. The quantitative estimate of drug-likeness (QED) is 0.843. The molecular formula is C18H18ClNO3. The van der Waals surface area contributed by atoms with Crippen LogP contribution >= 0.6 is 11.6 Å². The van der Waals surface area contributed by atoms with E-state index in [1.807, 2.05) is 31.2 Å². The third-order valence-corrected chi connectivity index (χ3v) is 3.76. The van der Waals surface area contributed by atoms with Crippen molar-refractivity contribution in [1.82, 2.24) is 0 Å². The summed E-state index contributed by atoms with van der Waals surface area (Å²) in [6, 6.07) is 14.4. The van der Waals surface area contributed by atoms with Gasteiger partial charge in [0.1, 0.15) is 0 Å². The molecule has 2 aromatic rings. The highest BCUT2D eigenvalue weighted by molar-refractivity contribution is 6.30. The van der Waals surface area contributed by atoms with Gasteiger partial charge in [0, 0.05) is 10.7 Å². The zero-order valence-corrected chi connectivity index (χ0v) is 13.5. The predicted molar refractivity (Wildman–Crippen MR) is 90.7 cm³/mol. The Morgan fingerprint density at radius 2 is 1.70 bits per heavy atom. The molecule has 0 saturated heterocycles. The fourth-order valence-electron chi connectivity index (χ4n) is 2.25. The highest BCUT2D eigenvalue weighted by Crippen LogP contribution is 2.18. The van der Waals surface area contributed by atoms with E-state index in [1.54, 1.807) is 24.3 Å². The van der Waals surface area contributed by atoms with E-state index in [0.29, 0.717) is 17.1 Å². The Hall–Kier alpha value is -2.33. The van der Waals surface area contributed by atoms with Gasteiger partial charge in [-0.1, -0.05) is 41.4 Å². The molecule has 0 saturated carbocycles. The second-order valence-electron chi connectivity index (χ2n) is 5.48. The van der Waals surface area contributed by atoms with Crippen molar-refractivity contribution < 1.29 is 14.7 Å². The molecule has 0 unspecified atom stereocenters. The van der Waals surface area contributed by atoms with Gasteiger partial charge in [0.2, 0.25) is 5.91 Å². The lowest BCUT2D eigenvalue weighted by Crippen LogP contribution is -2.27. The van der Waals surface area contributed by atoms with Gasteiger partial charge in [0.25, 0.3) is 0 Å². The van der Waals surface area contributed by atoms with Gasteiger partial charge in [0.05, 0.1) is 12.3 Å². The highest BCUT2D eigenvalue weighted by Gasteiger charge is 2.22. The van der Waals surface area contributed by atoms with Crippen LogP contribution in [-0.2, 0) is 16.0 Å². The summed E-state index contributed by atoms with van der Waals surface area (Å²) in [5, 5.41) is 12.4. The van der Waals surface area contributed by atoms with Gasteiger partial charge in [-0.3, -0.25) is 9.59 Å². The number of aliphatic carboxylic acids is 1.